The number of halogens is 1. The third-order valence-electron chi connectivity index (χ3n) is 4.59. The molecule has 0 saturated carbocycles. The fraction of sp³-hybridized carbons (Fsp3) is 0.375. The lowest BCUT2D eigenvalue weighted by Crippen LogP contribution is -2.23. The van der Waals surface area contributed by atoms with Gasteiger partial charge in [-0.05, 0) is 63.5 Å². The van der Waals surface area contributed by atoms with Crippen molar-refractivity contribution in [1.82, 2.24) is 0 Å². The zero-order valence-corrected chi connectivity index (χ0v) is 11.9. The highest BCUT2D eigenvalue weighted by atomic mass is 35.5. The van der Waals surface area contributed by atoms with Gasteiger partial charge in [-0.15, -0.1) is 0 Å². The Labute approximate surface area is 109 Å². The molecule has 0 aromatic heterocycles. The molecule has 0 atom stereocenters. The topological polar surface area (TPSA) is 0 Å². The van der Waals surface area contributed by atoms with Crippen molar-refractivity contribution in [3.63, 3.8) is 0 Å². The summed E-state index contributed by atoms with van der Waals surface area (Å²) in [4.78, 5) is 0. The summed E-state index contributed by atoms with van der Waals surface area (Å²) in [6.45, 7) is 11.2. The molecule has 0 radical (unpaired) electrons. The Morgan fingerprint density at radius 2 is 1.47 bits per heavy atom. The normalized spacial score (nSPS) is 19.2. The number of rotatable bonds is 1. The Morgan fingerprint density at radius 3 is 1.94 bits per heavy atom. The highest BCUT2D eigenvalue weighted by molar-refractivity contribution is 6.30. The van der Waals surface area contributed by atoms with Gasteiger partial charge in [-0.25, -0.2) is 0 Å². The van der Waals surface area contributed by atoms with Gasteiger partial charge in [-0.2, -0.15) is 0 Å². The standard InChI is InChI=1S/C16H19Cl/c1-10-11(2)13(4)16(5,12(10)3)14-7-6-8-15(17)9-14/h6-9H,1-5H3. The zero-order chi connectivity index (χ0) is 12.8. The van der Waals surface area contributed by atoms with Crippen molar-refractivity contribution in [3.8, 4) is 0 Å². The first-order valence-corrected chi connectivity index (χ1v) is 6.39. The Hall–Kier alpha value is -1.01. The molecule has 0 heterocycles. The molecule has 1 aliphatic rings. The fourth-order valence-electron chi connectivity index (χ4n) is 2.83. The Balaban J connectivity index is 2.66. The largest absolute Gasteiger partial charge is 0.0843 e. The summed E-state index contributed by atoms with van der Waals surface area (Å²) in [6, 6.07) is 8.22. The first kappa shape index (κ1) is 12.4. The molecule has 1 aromatic rings. The van der Waals surface area contributed by atoms with Crippen molar-refractivity contribution in [1.29, 1.82) is 0 Å². The van der Waals surface area contributed by atoms with Crippen LogP contribution < -0.4 is 0 Å². The number of hydrogen-bond acceptors (Lipinski definition) is 0. The average molecular weight is 247 g/mol. The van der Waals surface area contributed by atoms with Gasteiger partial charge in [-0.3, -0.25) is 0 Å². The van der Waals surface area contributed by atoms with Crippen LogP contribution in [0.15, 0.2) is 46.6 Å². The van der Waals surface area contributed by atoms with E-state index < -0.39 is 0 Å². The number of benzene rings is 1. The van der Waals surface area contributed by atoms with E-state index in [9.17, 15) is 0 Å². The molecule has 90 valence electrons. The van der Waals surface area contributed by atoms with E-state index in [0.29, 0.717) is 0 Å². The van der Waals surface area contributed by atoms with Crippen molar-refractivity contribution in [2.24, 2.45) is 0 Å². The first-order chi connectivity index (χ1) is 7.89. The van der Waals surface area contributed by atoms with E-state index in [0.717, 1.165) is 5.02 Å². The minimum atomic E-state index is 0.0130. The minimum absolute atomic E-state index is 0.0130. The van der Waals surface area contributed by atoms with E-state index in [-0.39, 0.29) is 5.41 Å². The molecule has 1 aromatic carbocycles. The molecule has 0 spiro atoms. The molecule has 2 rings (SSSR count). The fourth-order valence-corrected chi connectivity index (χ4v) is 3.02. The molecule has 1 aliphatic carbocycles. The van der Waals surface area contributed by atoms with Crippen LogP contribution in [0.2, 0.25) is 5.02 Å². The maximum absolute atomic E-state index is 6.12. The summed E-state index contributed by atoms with van der Waals surface area (Å²) in [5, 5.41) is 0.812. The van der Waals surface area contributed by atoms with Crippen LogP contribution in [0.5, 0.6) is 0 Å². The monoisotopic (exact) mass is 246 g/mol. The third-order valence-corrected chi connectivity index (χ3v) is 4.82. The second-order valence-corrected chi connectivity index (χ2v) is 5.57. The van der Waals surface area contributed by atoms with Gasteiger partial charge in [0.25, 0.3) is 0 Å². The Morgan fingerprint density at radius 1 is 0.941 bits per heavy atom. The Bertz CT molecular complexity index is 508. The van der Waals surface area contributed by atoms with Crippen molar-refractivity contribution < 1.29 is 0 Å². The van der Waals surface area contributed by atoms with Crippen molar-refractivity contribution in [2.45, 2.75) is 40.0 Å². The summed E-state index contributed by atoms with van der Waals surface area (Å²) < 4.78 is 0. The van der Waals surface area contributed by atoms with Gasteiger partial charge in [0.15, 0.2) is 0 Å². The molecule has 0 bridgehead atoms. The van der Waals surface area contributed by atoms with Crippen LogP contribution in [0.1, 0.15) is 40.2 Å². The number of hydrogen-bond donors (Lipinski definition) is 0. The molecule has 1 heteroatoms. The first-order valence-electron chi connectivity index (χ1n) is 6.01. The lowest BCUT2D eigenvalue weighted by molar-refractivity contribution is 0.666. The van der Waals surface area contributed by atoms with Gasteiger partial charge < -0.3 is 0 Å². The van der Waals surface area contributed by atoms with E-state index in [4.69, 9.17) is 11.6 Å². The molecule has 0 fully saturated rings. The van der Waals surface area contributed by atoms with Crippen LogP contribution >= 0.6 is 11.6 Å². The van der Waals surface area contributed by atoms with Gasteiger partial charge >= 0.3 is 0 Å². The van der Waals surface area contributed by atoms with Crippen LogP contribution in [0.4, 0.5) is 0 Å². The molecule has 0 N–H and O–H groups in total. The molecule has 0 nitrogen and oxygen atoms in total. The van der Waals surface area contributed by atoms with Crippen LogP contribution in [0, 0.1) is 0 Å². The molecule has 17 heavy (non-hydrogen) atoms. The van der Waals surface area contributed by atoms with Crippen molar-refractivity contribution in [2.75, 3.05) is 0 Å². The molecular formula is C16H19Cl. The average Bonchev–Trinajstić information content (AvgIpc) is 2.46. The molecule has 0 aliphatic heterocycles. The minimum Gasteiger partial charge on any atom is -0.0843 e. The summed E-state index contributed by atoms with van der Waals surface area (Å²) in [5.41, 5.74) is 7.02. The van der Waals surface area contributed by atoms with E-state index in [1.165, 1.54) is 27.9 Å². The summed E-state index contributed by atoms with van der Waals surface area (Å²) in [7, 11) is 0. The number of allylic oxidation sites excluding steroid dienone is 4. The summed E-state index contributed by atoms with van der Waals surface area (Å²) in [5.74, 6) is 0. The van der Waals surface area contributed by atoms with Gasteiger partial charge in [0.05, 0.1) is 0 Å². The van der Waals surface area contributed by atoms with Crippen LogP contribution in [0.25, 0.3) is 0 Å². The molecule has 0 unspecified atom stereocenters. The van der Waals surface area contributed by atoms with Gasteiger partial charge in [0.2, 0.25) is 0 Å². The van der Waals surface area contributed by atoms with E-state index in [1.807, 2.05) is 12.1 Å². The van der Waals surface area contributed by atoms with E-state index >= 15 is 0 Å². The molecular weight excluding hydrogens is 228 g/mol. The van der Waals surface area contributed by atoms with Gasteiger partial charge in [-0.1, -0.05) is 34.9 Å². The molecule has 0 amide bonds. The maximum atomic E-state index is 6.12. The third kappa shape index (κ3) is 1.66. The zero-order valence-electron chi connectivity index (χ0n) is 11.2. The van der Waals surface area contributed by atoms with Gasteiger partial charge in [0.1, 0.15) is 0 Å². The summed E-state index contributed by atoms with van der Waals surface area (Å²) >= 11 is 6.12. The quantitative estimate of drug-likeness (QED) is 0.632. The molecule has 0 saturated heterocycles. The predicted molar refractivity (Wildman–Crippen MR) is 75.6 cm³/mol. The predicted octanol–water partition coefficient (Wildman–Crippen LogP) is 5.28. The second kappa shape index (κ2) is 4.03. The van der Waals surface area contributed by atoms with Crippen LogP contribution in [0.3, 0.4) is 0 Å². The second-order valence-electron chi connectivity index (χ2n) is 5.14. The van der Waals surface area contributed by atoms with Crippen LogP contribution in [-0.4, -0.2) is 0 Å². The highest BCUT2D eigenvalue weighted by Crippen LogP contribution is 2.48. The van der Waals surface area contributed by atoms with Crippen molar-refractivity contribution >= 4 is 11.6 Å². The smallest absolute Gasteiger partial charge is 0.0409 e. The summed E-state index contributed by atoms with van der Waals surface area (Å²) in [6.07, 6.45) is 0. The van der Waals surface area contributed by atoms with Gasteiger partial charge in [0, 0.05) is 10.4 Å². The van der Waals surface area contributed by atoms with E-state index in [1.54, 1.807) is 0 Å². The Kier molecular flexibility index (Phi) is 2.95. The lowest BCUT2D eigenvalue weighted by atomic mass is 9.73. The highest BCUT2D eigenvalue weighted by Gasteiger charge is 2.37. The lowest BCUT2D eigenvalue weighted by Gasteiger charge is -2.30. The van der Waals surface area contributed by atoms with E-state index in [2.05, 4.69) is 46.8 Å². The maximum Gasteiger partial charge on any atom is 0.0409 e. The SMILES string of the molecule is CC1=C(C)C(C)(c2cccc(Cl)c2)C(C)=C1C. The van der Waals surface area contributed by atoms with Crippen LogP contribution in [-0.2, 0) is 5.41 Å². The van der Waals surface area contributed by atoms with Crippen molar-refractivity contribution in [3.05, 3.63) is 57.1 Å².